The van der Waals surface area contributed by atoms with Crippen LogP contribution < -0.4 is 4.72 Å². The summed E-state index contributed by atoms with van der Waals surface area (Å²) in [6, 6.07) is -1.22. The van der Waals surface area contributed by atoms with Gasteiger partial charge in [0.2, 0.25) is 10.0 Å². The summed E-state index contributed by atoms with van der Waals surface area (Å²) in [6.07, 6.45) is 0.495. The van der Waals surface area contributed by atoms with Crippen molar-refractivity contribution in [2.45, 2.75) is 26.3 Å². The number of rotatable bonds is 8. The van der Waals surface area contributed by atoms with Crippen LogP contribution in [0.15, 0.2) is 0 Å². The zero-order chi connectivity index (χ0) is 12.8. The molecule has 0 aromatic rings. The van der Waals surface area contributed by atoms with Gasteiger partial charge in [0.05, 0.1) is 12.4 Å². The van der Waals surface area contributed by atoms with Crippen LogP contribution in [0.3, 0.4) is 0 Å². The number of sulfonamides is 1. The fourth-order valence-corrected chi connectivity index (χ4v) is 2.49. The van der Waals surface area contributed by atoms with Gasteiger partial charge in [0.25, 0.3) is 0 Å². The molecular formula is C9H19NO5S. The van der Waals surface area contributed by atoms with Gasteiger partial charge in [0, 0.05) is 7.11 Å². The van der Waals surface area contributed by atoms with E-state index >= 15 is 0 Å². The van der Waals surface area contributed by atoms with Gasteiger partial charge >= 0.3 is 5.97 Å². The molecule has 0 aliphatic heterocycles. The monoisotopic (exact) mass is 253 g/mol. The Labute approximate surface area is 96.0 Å². The summed E-state index contributed by atoms with van der Waals surface area (Å²) < 4.78 is 29.7. The second-order valence-corrected chi connectivity index (χ2v) is 5.84. The average Bonchev–Trinajstić information content (AvgIpc) is 2.14. The van der Waals surface area contributed by atoms with Gasteiger partial charge in [-0.25, -0.2) is 8.42 Å². The Morgan fingerprint density at radius 3 is 2.38 bits per heavy atom. The summed E-state index contributed by atoms with van der Waals surface area (Å²) in [6.45, 7) is 3.62. The molecule has 0 heterocycles. The molecule has 7 heteroatoms. The maximum absolute atomic E-state index is 11.5. The maximum atomic E-state index is 11.5. The van der Waals surface area contributed by atoms with Crippen LogP contribution in [0.1, 0.15) is 20.3 Å². The number of hydrogen-bond acceptors (Lipinski definition) is 4. The first-order valence-electron chi connectivity index (χ1n) is 5.00. The molecule has 0 rings (SSSR count). The number of nitrogens with one attached hydrogen (secondary N) is 1. The van der Waals surface area contributed by atoms with Crippen LogP contribution in [-0.4, -0.2) is 45.0 Å². The molecule has 96 valence electrons. The van der Waals surface area contributed by atoms with Gasteiger partial charge in [-0.15, -0.1) is 0 Å². The van der Waals surface area contributed by atoms with Gasteiger partial charge in [0.15, 0.2) is 0 Å². The molecule has 0 saturated carbocycles. The second kappa shape index (κ2) is 6.82. The molecule has 6 nitrogen and oxygen atoms in total. The Morgan fingerprint density at radius 1 is 1.44 bits per heavy atom. The van der Waals surface area contributed by atoms with Gasteiger partial charge in [-0.3, -0.25) is 4.79 Å². The summed E-state index contributed by atoms with van der Waals surface area (Å²) in [5, 5.41) is 8.74. The van der Waals surface area contributed by atoms with Crippen molar-refractivity contribution in [3.63, 3.8) is 0 Å². The van der Waals surface area contributed by atoms with E-state index in [1.54, 1.807) is 0 Å². The van der Waals surface area contributed by atoms with E-state index in [1.165, 1.54) is 7.11 Å². The van der Waals surface area contributed by atoms with Gasteiger partial charge in [-0.2, -0.15) is 4.72 Å². The fraction of sp³-hybridized carbons (Fsp3) is 0.889. The number of ether oxygens (including phenoxy) is 1. The van der Waals surface area contributed by atoms with Gasteiger partial charge in [-0.1, -0.05) is 13.8 Å². The van der Waals surface area contributed by atoms with E-state index in [2.05, 4.69) is 9.46 Å². The third kappa shape index (κ3) is 6.76. The molecule has 0 spiro atoms. The number of methoxy groups -OCH3 is 1. The molecule has 2 N–H and O–H groups in total. The van der Waals surface area contributed by atoms with E-state index in [-0.39, 0.29) is 18.3 Å². The lowest BCUT2D eigenvalue weighted by Gasteiger charge is -2.14. The SMILES string of the molecule is COCC(NS(=O)(=O)CCC(C)C)C(=O)O. The standard InChI is InChI=1S/C9H19NO5S/c1-7(2)4-5-16(13,14)10-8(6-15-3)9(11)12/h7-8,10H,4-6H2,1-3H3,(H,11,12). The number of carbonyl (C=O) groups is 1. The topological polar surface area (TPSA) is 92.7 Å². The minimum atomic E-state index is -3.55. The molecular weight excluding hydrogens is 234 g/mol. The summed E-state index contributed by atoms with van der Waals surface area (Å²) in [5.74, 6) is -1.06. The summed E-state index contributed by atoms with van der Waals surface area (Å²) in [4.78, 5) is 10.7. The third-order valence-electron chi connectivity index (χ3n) is 1.92. The number of hydrogen-bond donors (Lipinski definition) is 2. The second-order valence-electron chi connectivity index (χ2n) is 3.97. The van der Waals surface area contributed by atoms with Crippen LogP contribution in [0.25, 0.3) is 0 Å². The number of aliphatic carboxylic acids is 1. The normalized spacial score (nSPS) is 14.0. The molecule has 0 aromatic carbocycles. The molecule has 0 aromatic heterocycles. The average molecular weight is 253 g/mol. The first kappa shape index (κ1) is 15.3. The maximum Gasteiger partial charge on any atom is 0.324 e. The molecule has 16 heavy (non-hydrogen) atoms. The lowest BCUT2D eigenvalue weighted by molar-refractivity contribution is -0.140. The van der Waals surface area contributed by atoms with E-state index < -0.39 is 22.0 Å². The van der Waals surface area contributed by atoms with Crippen molar-refractivity contribution in [1.29, 1.82) is 0 Å². The van der Waals surface area contributed by atoms with E-state index in [0.717, 1.165) is 0 Å². The quantitative estimate of drug-likeness (QED) is 0.637. The Kier molecular flexibility index (Phi) is 6.54. The van der Waals surface area contributed by atoms with Crippen molar-refractivity contribution < 1.29 is 23.1 Å². The Bertz CT molecular complexity index is 312. The van der Waals surface area contributed by atoms with Crippen LogP contribution in [0, 0.1) is 5.92 Å². The fourth-order valence-electron chi connectivity index (χ4n) is 0.989. The van der Waals surface area contributed by atoms with E-state index in [1.807, 2.05) is 13.8 Å². The van der Waals surface area contributed by atoms with Crippen LogP contribution in [-0.2, 0) is 19.6 Å². The molecule has 1 unspecified atom stereocenters. The predicted molar refractivity (Wildman–Crippen MR) is 59.7 cm³/mol. The zero-order valence-corrected chi connectivity index (χ0v) is 10.6. The van der Waals surface area contributed by atoms with Gasteiger partial charge in [-0.05, 0) is 12.3 Å². The minimum absolute atomic E-state index is 0.0713. The van der Waals surface area contributed by atoms with Crippen molar-refractivity contribution in [2.24, 2.45) is 5.92 Å². The highest BCUT2D eigenvalue weighted by Gasteiger charge is 2.23. The molecule has 1 atom stereocenters. The largest absolute Gasteiger partial charge is 0.480 e. The predicted octanol–water partition coefficient (Wildman–Crippen LogP) is 0.0515. The van der Waals surface area contributed by atoms with Gasteiger partial charge in [0.1, 0.15) is 6.04 Å². The first-order chi connectivity index (χ1) is 7.28. The van der Waals surface area contributed by atoms with E-state index in [0.29, 0.717) is 6.42 Å². The summed E-state index contributed by atoms with van der Waals surface area (Å²) in [7, 11) is -2.24. The minimum Gasteiger partial charge on any atom is -0.480 e. The van der Waals surface area contributed by atoms with Gasteiger partial charge < -0.3 is 9.84 Å². The summed E-state index contributed by atoms with van der Waals surface area (Å²) in [5.41, 5.74) is 0. The van der Waals surface area contributed by atoms with Crippen LogP contribution in [0.5, 0.6) is 0 Å². The summed E-state index contributed by atoms with van der Waals surface area (Å²) >= 11 is 0. The highest BCUT2D eigenvalue weighted by molar-refractivity contribution is 7.89. The van der Waals surface area contributed by atoms with Crippen LogP contribution in [0.4, 0.5) is 0 Å². The zero-order valence-electron chi connectivity index (χ0n) is 9.76. The van der Waals surface area contributed by atoms with Crippen molar-refractivity contribution in [2.75, 3.05) is 19.5 Å². The molecule has 0 aliphatic carbocycles. The lowest BCUT2D eigenvalue weighted by Crippen LogP contribution is -2.44. The highest BCUT2D eigenvalue weighted by atomic mass is 32.2. The van der Waals surface area contributed by atoms with Crippen molar-refractivity contribution in [3.05, 3.63) is 0 Å². The lowest BCUT2D eigenvalue weighted by atomic mass is 10.2. The highest BCUT2D eigenvalue weighted by Crippen LogP contribution is 2.02. The first-order valence-corrected chi connectivity index (χ1v) is 6.65. The third-order valence-corrected chi connectivity index (χ3v) is 3.33. The Balaban J connectivity index is 4.36. The Morgan fingerprint density at radius 2 is 2.00 bits per heavy atom. The smallest absolute Gasteiger partial charge is 0.324 e. The Hall–Kier alpha value is -0.660. The molecule has 0 saturated heterocycles. The van der Waals surface area contributed by atoms with Crippen LogP contribution >= 0.6 is 0 Å². The molecule has 0 fully saturated rings. The van der Waals surface area contributed by atoms with E-state index in [4.69, 9.17) is 5.11 Å². The number of carboxylic acid groups (broad SMARTS) is 1. The van der Waals surface area contributed by atoms with Crippen molar-refractivity contribution in [1.82, 2.24) is 4.72 Å². The van der Waals surface area contributed by atoms with Crippen LogP contribution in [0.2, 0.25) is 0 Å². The van der Waals surface area contributed by atoms with E-state index in [9.17, 15) is 13.2 Å². The number of carboxylic acids is 1. The molecule has 0 amide bonds. The van der Waals surface area contributed by atoms with Crippen molar-refractivity contribution >= 4 is 16.0 Å². The molecule has 0 radical (unpaired) electrons. The molecule has 0 bridgehead atoms. The van der Waals surface area contributed by atoms with Crippen molar-refractivity contribution in [3.8, 4) is 0 Å². The molecule has 0 aliphatic rings.